The van der Waals surface area contributed by atoms with Gasteiger partial charge in [0.05, 0.1) is 26.0 Å². The second-order valence-electron chi connectivity index (χ2n) is 4.86. The second kappa shape index (κ2) is 6.88. The number of rotatable bonds is 7. The molecule has 3 N–H and O–H groups in total. The molecule has 2 aromatic rings. The van der Waals surface area contributed by atoms with Crippen molar-refractivity contribution in [2.45, 2.75) is 0 Å². The maximum atomic E-state index is 12.1. The molecule has 8 nitrogen and oxygen atoms in total. The van der Waals surface area contributed by atoms with Crippen LogP contribution in [0.3, 0.4) is 0 Å². The van der Waals surface area contributed by atoms with Crippen molar-refractivity contribution in [1.82, 2.24) is 15.0 Å². The number of fused-ring (bicyclic) bond motifs is 1. The van der Waals surface area contributed by atoms with Gasteiger partial charge in [-0.15, -0.1) is 0 Å². The van der Waals surface area contributed by atoms with Crippen LogP contribution in [0.25, 0.3) is 10.9 Å². The predicted molar refractivity (Wildman–Crippen MR) is 86.6 cm³/mol. The molecular weight excluding hydrogens is 322 g/mol. The number of nitrogens with one attached hydrogen (secondary N) is 3. The highest BCUT2D eigenvalue weighted by Crippen LogP contribution is 2.33. The SMILES string of the molecule is COc1ccc(OC)c2[nH]c(C(=O)NCCNS(C)(=O)=O)cc12. The van der Waals surface area contributed by atoms with E-state index in [9.17, 15) is 13.2 Å². The number of carbonyl (C=O) groups is 1. The molecule has 0 bridgehead atoms. The fraction of sp³-hybridized carbons (Fsp3) is 0.357. The number of aromatic nitrogens is 1. The molecule has 1 amide bonds. The second-order valence-corrected chi connectivity index (χ2v) is 6.70. The van der Waals surface area contributed by atoms with Crippen molar-refractivity contribution in [3.8, 4) is 11.5 Å². The third-order valence-corrected chi connectivity index (χ3v) is 3.90. The molecule has 0 aliphatic heterocycles. The minimum Gasteiger partial charge on any atom is -0.496 e. The number of hydrogen-bond donors (Lipinski definition) is 3. The zero-order valence-electron chi connectivity index (χ0n) is 13.1. The first-order chi connectivity index (χ1) is 10.9. The predicted octanol–water partition coefficient (Wildman–Crippen LogP) is 0.464. The van der Waals surface area contributed by atoms with Crippen molar-refractivity contribution in [2.75, 3.05) is 33.6 Å². The quantitative estimate of drug-likeness (QED) is 0.634. The summed E-state index contributed by atoms with van der Waals surface area (Å²) in [5, 5.41) is 3.36. The van der Waals surface area contributed by atoms with Gasteiger partial charge in [-0.25, -0.2) is 13.1 Å². The van der Waals surface area contributed by atoms with Crippen LogP contribution in [0, 0.1) is 0 Å². The standard InChI is InChI=1S/C14H19N3O5S/c1-21-11-4-5-12(22-2)13-9(11)8-10(17-13)14(18)15-6-7-16-23(3,19)20/h4-5,8,16-17H,6-7H2,1-3H3,(H,15,18). The Bertz CT molecular complexity index is 772. The lowest BCUT2D eigenvalue weighted by molar-refractivity contribution is 0.0950. The summed E-state index contributed by atoms with van der Waals surface area (Å²) in [6.45, 7) is 0.299. The van der Waals surface area contributed by atoms with E-state index in [-0.39, 0.29) is 19.0 Å². The van der Waals surface area contributed by atoms with Crippen molar-refractivity contribution < 1.29 is 22.7 Å². The van der Waals surface area contributed by atoms with E-state index in [1.807, 2.05) is 0 Å². The van der Waals surface area contributed by atoms with Gasteiger partial charge in [0.2, 0.25) is 10.0 Å². The molecule has 0 saturated carbocycles. The van der Waals surface area contributed by atoms with Crippen molar-refractivity contribution in [3.05, 3.63) is 23.9 Å². The number of carbonyl (C=O) groups excluding carboxylic acids is 1. The van der Waals surface area contributed by atoms with Crippen LogP contribution < -0.4 is 19.5 Å². The van der Waals surface area contributed by atoms with Gasteiger partial charge in [-0.3, -0.25) is 4.79 Å². The van der Waals surface area contributed by atoms with Crippen LogP contribution in [-0.2, 0) is 10.0 Å². The third-order valence-electron chi connectivity index (χ3n) is 3.17. The van der Waals surface area contributed by atoms with Crippen LogP contribution in [0.2, 0.25) is 0 Å². The zero-order valence-corrected chi connectivity index (χ0v) is 13.9. The Hall–Kier alpha value is -2.26. The number of sulfonamides is 1. The van der Waals surface area contributed by atoms with Crippen LogP contribution >= 0.6 is 0 Å². The Balaban J connectivity index is 2.15. The van der Waals surface area contributed by atoms with Gasteiger partial charge in [-0.05, 0) is 18.2 Å². The molecule has 0 spiro atoms. The Morgan fingerprint density at radius 1 is 1.17 bits per heavy atom. The fourth-order valence-electron chi connectivity index (χ4n) is 2.15. The van der Waals surface area contributed by atoms with Crippen LogP contribution in [0.4, 0.5) is 0 Å². The molecule has 2 rings (SSSR count). The smallest absolute Gasteiger partial charge is 0.267 e. The summed E-state index contributed by atoms with van der Waals surface area (Å²) in [6, 6.07) is 5.16. The van der Waals surface area contributed by atoms with Gasteiger partial charge in [0.1, 0.15) is 17.2 Å². The number of hydrogen-bond acceptors (Lipinski definition) is 5. The average molecular weight is 341 g/mol. The number of methoxy groups -OCH3 is 2. The minimum absolute atomic E-state index is 0.122. The highest BCUT2D eigenvalue weighted by molar-refractivity contribution is 7.88. The molecule has 0 fully saturated rings. The Morgan fingerprint density at radius 2 is 1.83 bits per heavy atom. The summed E-state index contributed by atoms with van der Waals surface area (Å²) in [4.78, 5) is 15.1. The maximum Gasteiger partial charge on any atom is 0.267 e. The van der Waals surface area contributed by atoms with Crippen LogP contribution in [0.1, 0.15) is 10.5 Å². The highest BCUT2D eigenvalue weighted by atomic mass is 32.2. The van der Waals surface area contributed by atoms with E-state index < -0.39 is 10.0 Å². The molecule has 0 aliphatic carbocycles. The van der Waals surface area contributed by atoms with Crippen molar-refractivity contribution in [2.24, 2.45) is 0 Å². The molecule has 0 aliphatic rings. The summed E-state index contributed by atoms with van der Waals surface area (Å²) >= 11 is 0. The van der Waals surface area contributed by atoms with Crippen molar-refractivity contribution >= 4 is 26.8 Å². The van der Waals surface area contributed by atoms with Gasteiger partial charge in [0.15, 0.2) is 0 Å². The molecule has 0 radical (unpaired) electrons. The first kappa shape index (κ1) is 17.1. The first-order valence-electron chi connectivity index (χ1n) is 6.82. The van der Waals surface area contributed by atoms with E-state index in [1.54, 1.807) is 32.4 Å². The van der Waals surface area contributed by atoms with Gasteiger partial charge in [-0.2, -0.15) is 0 Å². The first-order valence-corrected chi connectivity index (χ1v) is 8.71. The maximum absolute atomic E-state index is 12.1. The largest absolute Gasteiger partial charge is 0.496 e. The van der Waals surface area contributed by atoms with E-state index >= 15 is 0 Å². The van der Waals surface area contributed by atoms with E-state index in [0.717, 1.165) is 11.6 Å². The number of ether oxygens (including phenoxy) is 2. The lowest BCUT2D eigenvalue weighted by Gasteiger charge is -2.05. The molecule has 9 heteroatoms. The van der Waals surface area contributed by atoms with E-state index in [4.69, 9.17) is 9.47 Å². The van der Waals surface area contributed by atoms with Gasteiger partial charge in [0, 0.05) is 18.5 Å². The van der Waals surface area contributed by atoms with Crippen molar-refractivity contribution in [1.29, 1.82) is 0 Å². The van der Waals surface area contributed by atoms with Crippen LogP contribution in [0.15, 0.2) is 18.2 Å². The Labute approximate surface area is 134 Å². The van der Waals surface area contributed by atoms with Gasteiger partial charge >= 0.3 is 0 Å². The molecule has 126 valence electrons. The van der Waals surface area contributed by atoms with E-state index in [0.29, 0.717) is 22.7 Å². The lowest BCUT2D eigenvalue weighted by Crippen LogP contribution is -2.34. The molecule has 1 aromatic carbocycles. The summed E-state index contributed by atoms with van der Waals surface area (Å²) in [7, 11) is -0.181. The van der Waals surface area contributed by atoms with Gasteiger partial charge in [-0.1, -0.05) is 0 Å². The van der Waals surface area contributed by atoms with Gasteiger partial charge in [0.25, 0.3) is 5.91 Å². The lowest BCUT2D eigenvalue weighted by atomic mass is 10.2. The summed E-state index contributed by atoms with van der Waals surface area (Å²) in [5.41, 5.74) is 0.994. The highest BCUT2D eigenvalue weighted by Gasteiger charge is 2.15. The summed E-state index contributed by atoms with van der Waals surface area (Å²) < 4.78 is 34.7. The molecule has 0 unspecified atom stereocenters. The van der Waals surface area contributed by atoms with E-state index in [1.165, 1.54) is 0 Å². The summed E-state index contributed by atoms with van der Waals surface area (Å²) in [6.07, 6.45) is 1.06. The molecule has 0 saturated heterocycles. The van der Waals surface area contributed by atoms with E-state index in [2.05, 4.69) is 15.0 Å². The molecule has 1 heterocycles. The molecule has 1 aromatic heterocycles. The minimum atomic E-state index is -3.27. The third kappa shape index (κ3) is 4.14. The molecular formula is C14H19N3O5S. The topological polar surface area (TPSA) is 110 Å². The van der Waals surface area contributed by atoms with Crippen molar-refractivity contribution in [3.63, 3.8) is 0 Å². The van der Waals surface area contributed by atoms with Crippen LogP contribution in [0.5, 0.6) is 11.5 Å². The zero-order chi connectivity index (χ0) is 17.0. The normalized spacial score (nSPS) is 11.4. The summed E-state index contributed by atoms with van der Waals surface area (Å²) in [5.74, 6) is 0.869. The monoisotopic (exact) mass is 341 g/mol. The molecule has 23 heavy (non-hydrogen) atoms. The number of benzene rings is 1. The Kier molecular flexibility index (Phi) is 5.12. The van der Waals surface area contributed by atoms with Crippen LogP contribution in [-0.4, -0.2) is 52.9 Å². The van der Waals surface area contributed by atoms with Gasteiger partial charge < -0.3 is 19.8 Å². The Morgan fingerprint density at radius 3 is 2.43 bits per heavy atom. The number of amides is 1. The molecule has 0 atom stereocenters. The average Bonchev–Trinajstić information content (AvgIpc) is 2.94. The fourth-order valence-corrected chi connectivity index (χ4v) is 2.62. The number of H-pyrrole nitrogens is 1. The number of aromatic amines is 1.